The van der Waals surface area contributed by atoms with Crippen LogP contribution in [0.25, 0.3) is 0 Å². The summed E-state index contributed by atoms with van der Waals surface area (Å²) in [5, 5.41) is 0. The molecule has 0 bridgehead atoms. The Labute approximate surface area is 126 Å². The van der Waals surface area contributed by atoms with Crippen molar-refractivity contribution in [1.82, 2.24) is 0 Å². The molecule has 1 N–H and O–H groups in total. The number of hydrogen-bond acceptors (Lipinski definition) is 2. The maximum absolute atomic E-state index is 3.43. The summed E-state index contributed by atoms with van der Waals surface area (Å²) in [5.74, 6) is 0.973. The molecule has 0 heterocycles. The molecule has 0 aliphatic heterocycles. The van der Waals surface area contributed by atoms with E-state index < -0.39 is 0 Å². The van der Waals surface area contributed by atoms with E-state index in [9.17, 15) is 0 Å². The Morgan fingerprint density at radius 2 is 1.70 bits per heavy atom. The Hall–Kier alpha value is -1.41. The summed E-state index contributed by atoms with van der Waals surface area (Å²) in [4.78, 5) is 0. The maximum atomic E-state index is 3.43. The number of benzene rings is 2. The van der Waals surface area contributed by atoms with Crippen molar-refractivity contribution in [1.29, 1.82) is 0 Å². The molecule has 2 heteroatoms. The zero-order valence-electron chi connectivity index (χ0n) is 12.7. The smallest absolute Gasteiger partial charge is 0.0442 e. The Bertz CT molecular complexity index is 555. The lowest BCUT2D eigenvalue weighted by molar-refractivity contribution is 0.586. The summed E-state index contributed by atoms with van der Waals surface area (Å²) in [6.07, 6.45) is 0. The predicted octanol–water partition coefficient (Wildman–Crippen LogP) is 5.55. The molecule has 0 aliphatic carbocycles. The third kappa shape index (κ3) is 4.04. The molecule has 0 fully saturated rings. The molecular formula is C18H23NS. The zero-order chi connectivity index (χ0) is 14.6. The molecule has 0 spiro atoms. The van der Waals surface area contributed by atoms with Gasteiger partial charge >= 0.3 is 0 Å². The number of nitrogens with one attached hydrogen (secondary N) is 1. The average Bonchev–Trinajstić information content (AvgIpc) is 2.38. The number of aryl methyl sites for hydroxylation is 1. The Morgan fingerprint density at radius 3 is 2.30 bits per heavy atom. The van der Waals surface area contributed by atoms with Crippen molar-refractivity contribution in [2.45, 2.75) is 38.9 Å². The van der Waals surface area contributed by atoms with Crippen LogP contribution in [0.15, 0.2) is 48.5 Å². The van der Waals surface area contributed by atoms with Crippen molar-refractivity contribution in [3.8, 4) is 0 Å². The SMILES string of the molecule is Cc1cc(NSCc2ccccc2)ccc1C(C)(C)C. The molecular weight excluding hydrogens is 262 g/mol. The van der Waals surface area contributed by atoms with E-state index >= 15 is 0 Å². The minimum absolute atomic E-state index is 0.208. The number of rotatable bonds is 4. The summed E-state index contributed by atoms with van der Waals surface area (Å²) < 4.78 is 3.43. The van der Waals surface area contributed by atoms with E-state index in [2.05, 4.69) is 80.9 Å². The van der Waals surface area contributed by atoms with E-state index in [1.165, 1.54) is 22.4 Å². The minimum Gasteiger partial charge on any atom is -0.329 e. The lowest BCUT2D eigenvalue weighted by Crippen LogP contribution is -2.12. The molecule has 2 aromatic carbocycles. The van der Waals surface area contributed by atoms with Crippen LogP contribution in [-0.2, 0) is 11.2 Å². The second kappa shape index (κ2) is 6.36. The van der Waals surface area contributed by atoms with Gasteiger partial charge in [-0.2, -0.15) is 0 Å². The van der Waals surface area contributed by atoms with Crippen molar-refractivity contribution in [3.05, 3.63) is 65.2 Å². The topological polar surface area (TPSA) is 12.0 Å². The van der Waals surface area contributed by atoms with E-state index in [1.54, 1.807) is 11.9 Å². The molecule has 2 rings (SSSR count). The van der Waals surface area contributed by atoms with Gasteiger partial charge < -0.3 is 4.72 Å². The van der Waals surface area contributed by atoms with E-state index in [0.29, 0.717) is 0 Å². The highest BCUT2D eigenvalue weighted by atomic mass is 32.2. The standard InChI is InChI=1S/C18H23NS/c1-14-12-16(10-11-17(14)18(2,3)4)19-20-13-15-8-6-5-7-9-15/h5-12,19H,13H2,1-4H3. The van der Waals surface area contributed by atoms with Crippen molar-refractivity contribution in [3.63, 3.8) is 0 Å². The largest absolute Gasteiger partial charge is 0.329 e. The van der Waals surface area contributed by atoms with Crippen LogP contribution in [0, 0.1) is 6.92 Å². The first-order valence-corrected chi connectivity index (χ1v) is 7.98. The summed E-state index contributed by atoms with van der Waals surface area (Å²) in [6.45, 7) is 8.96. The zero-order valence-corrected chi connectivity index (χ0v) is 13.6. The maximum Gasteiger partial charge on any atom is 0.0442 e. The molecule has 106 valence electrons. The number of anilines is 1. The molecule has 0 saturated carbocycles. The van der Waals surface area contributed by atoms with Crippen molar-refractivity contribution in [2.75, 3.05) is 4.72 Å². The van der Waals surface area contributed by atoms with Crippen LogP contribution in [-0.4, -0.2) is 0 Å². The monoisotopic (exact) mass is 285 g/mol. The van der Waals surface area contributed by atoms with Gasteiger partial charge in [0.05, 0.1) is 0 Å². The minimum atomic E-state index is 0.208. The van der Waals surface area contributed by atoms with Crippen LogP contribution >= 0.6 is 11.9 Å². The second-order valence-electron chi connectivity index (χ2n) is 6.16. The molecule has 2 aromatic rings. The van der Waals surface area contributed by atoms with Gasteiger partial charge in [0.25, 0.3) is 0 Å². The molecule has 20 heavy (non-hydrogen) atoms. The summed E-state index contributed by atoms with van der Waals surface area (Å²) in [5.41, 5.74) is 5.49. The Kier molecular flexibility index (Phi) is 4.77. The molecule has 0 unspecified atom stereocenters. The van der Waals surface area contributed by atoms with Crippen molar-refractivity contribution in [2.24, 2.45) is 0 Å². The predicted molar refractivity (Wildman–Crippen MR) is 91.2 cm³/mol. The highest BCUT2D eigenvalue weighted by Crippen LogP contribution is 2.28. The molecule has 0 saturated heterocycles. The second-order valence-corrected chi connectivity index (χ2v) is 6.94. The Morgan fingerprint density at radius 1 is 1.00 bits per heavy atom. The molecule has 0 atom stereocenters. The molecule has 0 aromatic heterocycles. The third-order valence-corrected chi connectivity index (χ3v) is 4.16. The van der Waals surface area contributed by atoms with Crippen LogP contribution in [0.4, 0.5) is 5.69 Å². The van der Waals surface area contributed by atoms with Gasteiger partial charge in [-0.05, 0) is 53.1 Å². The average molecular weight is 285 g/mol. The first-order chi connectivity index (χ1) is 9.47. The normalized spacial score (nSPS) is 11.4. The quantitative estimate of drug-likeness (QED) is 0.739. The third-order valence-electron chi connectivity index (χ3n) is 3.31. The van der Waals surface area contributed by atoms with Gasteiger partial charge in [0.1, 0.15) is 0 Å². The molecule has 1 nitrogen and oxygen atoms in total. The van der Waals surface area contributed by atoms with Gasteiger partial charge in [0, 0.05) is 11.4 Å². The van der Waals surface area contributed by atoms with Gasteiger partial charge in [-0.3, -0.25) is 0 Å². The first-order valence-electron chi connectivity index (χ1n) is 7.00. The molecule has 0 radical (unpaired) electrons. The van der Waals surface area contributed by atoms with Gasteiger partial charge in [-0.1, -0.05) is 57.2 Å². The lowest BCUT2D eigenvalue weighted by atomic mass is 9.84. The van der Waals surface area contributed by atoms with E-state index in [-0.39, 0.29) is 5.41 Å². The lowest BCUT2D eigenvalue weighted by Gasteiger charge is -2.22. The summed E-state index contributed by atoms with van der Waals surface area (Å²) >= 11 is 1.73. The van der Waals surface area contributed by atoms with Crippen LogP contribution < -0.4 is 4.72 Å². The van der Waals surface area contributed by atoms with Crippen molar-refractivity contribution < 1.29 is 0 Å². The summed E-state index contributed by atoms with van der Waals surface area (Å²) in [6, 6.07) is 17.2. The van der Waals surface area contributed by atoms with Crippen LogP contribution in [0.3, 0.4) is 0 Å². The van der Waals surface area contributed by atoms with Gasteiger partial charge in [0.15, 0.2) is 0 Å². The van der Waals surface area contributed by atoms with E-state index in [4.69, 9.17) is 0 Å². The first kappa shape index (κ1) is 15.0. The van der Waals surface area contributed by atoms with Gasteiger partial charge in [0.2, 0.25) is 0 Å². The van der Waals surface area contributed by atoms with Crippen molar-refractivity contribution >= 4 is 17.6 Å². The fraction of sp³-hybridized carbons (Fsp3) is 0.333. The fourth-order valence-corrected chi connectivity index (χ4v) is 3.07. The van der Waals surface area contributed by atoms with Gasteiger partial charge in [-0.15, -0.1) is 0 Å². The highest BCUT2D eigenvalue weighted by Gasteiger charge is 2.15. The molecule has 0 aliphatic rings. The van der Waals surface area contributed by atoms with Crippen LogP contribution in [0.5, 0.6) is 0 Å². The Balaban J connectivity index is 1.96. The van der Waals surface area contributed by atoms with E-state index in [0.717, 1.165) is 5.75 Å². The van der Waals surface area contributed by atoms with Crippen LogP contribution in [0.1, 0.15) is 37.5 Å². The van der Waals surface area contributed by atoms with E-state index in [1.807, 2.05) is 0 Å². The molecule has 0 amide bonds. The van der Waals surface area contributed by atoms with Crippen LogP contribution in [0.2, 0.25) is 0 Å². The van der Waals surface area contributed by atoms with Gasteiger partial charge in [-0.25, -0.2) is 0 Å². The summed E-state index contributed by atoms with van der Waals surface area (Å²) in [7, 11) is 0. The highest BCUT2D eigenvalue weighted by molar-refractivity contribution is 7.99. The number of hydrogen-bond donors (Lipinski definition) is 1. The fourth-order valence-electron chi connectivity index (χ4n) is 2.35.